The van der Waals surface area contributed by atoms with Gasteiger partial charge in [0, 0.05) is 0 Å². The van der Waals surface area contributed by atoms with E-state index in [1.165, 1.54) is 10.9 Å². The van der Waals surface area contributed by atoms with E-state index in [1.807, 2.05) is 6.07 Å². The summed E-state index contributed by atoms with van der Waals surface area (Å²) in [6.45, 7) is 1.64. The van der Waals surface area contributed by atoms with E-state index < -0.39 is 24.5 Å². The number of aromatic nitrogens is 2. The molecule has 2 heterocycles. The predicted octanol–water partition coefficient (Wildman–Crippen LogP) is -0.625. The number of rotatable bonds is 1. The molecule has 17 heavy (non-hydrogen) atoms. The Hall–Kier alpha value is -1.86. The van der Waals surface area contributed by atoms with E-state index >= 15 is 0 Å². The van der Waals surface area contributed by atoms with Crippen molar-refractivity contribution in [3.8, 4) is 18.4 Å². The van der Waals surface area contributed by atoms with Gasteiger partial charge in [0.1, 0.15) is 24.0 Å². The van der Waals surface area contributed by atoms with E-state index in [-0.39, 0.29) is 11.4 Å². The van der Waals surface area contributed by atoms with Gasteiger partial charge in [-0.25, -0.2) is 4.98 Å². The molecule has 2 rings (SSSR count). The molecular weight excluding hydrogens is 222 g/mol. The number of aliphatic hydroxyl groups is 2. The minimum atomic E-state index is -1.10. The van der Waals surface area contributed by atoms with Gasteiger partial charge in [0.15, 0.2) is 11.9 Å². The Morgan fingerprint density at radius 2 is 2.24 bits per heavy atom. The van der Waals surface area contributed by atoms with Gasteiger partial charge in [0.25, 0.3) is 0 Å². The number of hydrogen-bond donors (Lipinski definition) is 2. The number of imidazole rings is 1. The van der Waals surface area contributed by atoms with Crippen LogP contribution in [-0.2, 0) is 4.74 Å². The SMILES string of the molecule is C#Cc1c(C#N)ncn1[C@@H]1O[C@H](C)[C@@H](O)[C@H]1O. The molecule has 0 aromatic carbocycles. The highest BCUT2D eigenvalue weighted by Gasteiger charge is 2.42. The van der Waals surface area contributed by atoms with Crippen molar-refractivity contribution < 1.29 is 14.9 Å². The first-order chi connectivity index (χ1) is 8.10. The van der Waals surface area contributed by atoms with Gasteiger partial charge in [-0.1, -0.05) is 0 Å². The molecule has 0 unspecified atom stereocenters. The molecule has 1 saturated heterocycles. The summed E-state index contributed by atoms with van der Waals surface area (Å²) in [5, 5.41) is 28.2. The smallest absolute Gasteiger partial charge is 0.174 e. The second kappa shape index (κ2) is 4.19. The van der Waals surface area contributed by atoms with Crippen LogP contribution in [0.1, 0.15) is 24.5 Å². The molecule has 2 N–H and O–H groups in total. The molecule has 4 atom stereocenters. The Kier molecular flexibility index (Phi) is 2.86. The molecule has 1 aliphatic heterocycles. The number of nitrogens with zero attached hydrogens (tertiary/aromatic N) is 3. The lowest BCUT2D eigenvalue weighted by molar-refractivity contribution is -0.0326. The Morgan fingerprint density at radius 1 is 1.53 bits per heavy atom. The van der Waals surface area contributed by atoms with Gasteiger partial charge in [0.05, 0.1) is 12.4 Å². The molecule has 0 amide bonds. The van der Waals surface area contributed by atoms with Crippen LogP contribution < -0.4 is 0 Å². The van der Waals surface area contributed by atoms with Crippen LogP contribution in [-0.4, -0.2) is 38.1 Å². The molecule has 1 aromatic rings. The molecule has 1 fully saturated rings. The van der Waals surface area contributed by atoms with Crippen LogP contribution in [0.25, 0.3) is 0 Å². The third-order valence-electron chi connectivity index (χ3n) is 2.79. The van der Waals surface area contributed by atoms with Crippen LogP contribution in [0.4, 0.5) is 0 Å². The van der Waals surface area contributed by atoms with Gasteiger partial charge in [-0.2, -0.15) is 5.26 Å². The van der Waals surface area contributed by atoms with Crippen LogP contribution in [0.15, 0.2) is 6.33 Å². The summed E-state index contributed by atoms with van der Waals surface area (Å²) in [5.41, 5.74) is 0.329. The standard InChI is InChI=1S/C11H11N3O3/c1-3-8-7(4-12)13-5-14(8)11-10(16)9(15)6(2)17-11/h1,5-6,9-11,15-16H,2H3/t6-,9-,10-,11-/m1/s1. The summed E-state index contributed by atoms with van der Waals surface area (Å²) in [6, 6.07) is 1.85. The molecular formula is C11H11N3O3. The Morgan fingerprint density at radius 3 is 2.71 bits per heavy atom. The average Bonchev–Trinajstić information content (AvgIpc) is 2.85. The van der Waals surface area contributed by atoms with Gasteiger partial charge in [0.2, 0.25) is 0 Å². The summed E-state index contributed by atoms with van der Waals surface area (Å²) >= 11 is 0. The van der Waals surface area contributed by atoms with Crippen molar-refractivity contribution in [2.75, 3.05) is 0 Å². The molecule has 88 valence electrons. The van der Waals surface area contributed by atoms with E-state index in [4.69, 9.17) is 16.4 Å². The fourth-order valence-electron chi connectivity index (χ4n) is 1.84. The van der Waals surface area contributed by atoms with Crippen molar-refractivity contribution in [3.05, 3.63) is 17.7 Å². The minimum absolute atomic E-state index is 0.0948. The lowest BCUT2D eigenvalue weighted by Gasteiger charge is -2.16. The lowest BCUT2D eigenvalue weighted by atomic mass is 10.1. The summed E-state index contributed by atoms with van der Waals surface area (Å²) in [4.78, 5) is 3.82. The van der Waals surface area contributed by atoms with Crippen molar-refractivity contribution >= 4 is 0 Å². The molecule has 6 nitrogen and oxygen atoms in total. The zero-order valence-corrected chi connectivity index (χ0v) is 9.11. The predicted molar refractivity (Wildman–Crippen MR) is 56.5 cm³/mol. The van der Waals surface area contributed by atoms with Crippen molar-refractivity contribution in [2.24, 2.45) is 0 Å². The summed E-state index contributed by atoms with van der Waals surface area (Å²) in [5.74, 6) is 2.33. The first kappa shape index (κ1) is 11.6. The van der Waals surface area contributed by atoms with Crippen LogP contribution in [0.5, 0.6) is 0 Å². The molecule has 1 aromatic heterocycles. The second-order valence-electron chi connectivity index (χ2n) is 3.82. The first-order valence-corrected chi connectivity index (χ1v) is 5.05. The fourth-order valence-corrected chi connectivity index (χ4v) is 1.84. The largest absolute Gasteiger partial charge is 0.388 e. The topological polar surface area (TPSA) is 91.3 Å². The van der Waals surface area contributed by atoms with Crippen LogP contribution in [0.3, 0.4) is 0 Å². The maximum Gasteiger partial charge on any atom is 0.174 e. The second-order valence-corrected chi connectivity index (χ2v) is 3.82. The molecule has 1 aliphatic rings. The molecule has 0 radical (unpaired) electrons. The Bertz CT molecular complexity index is 511. The van der Waals surface area contributed by atoms with Crippen LogP contribution >= 0.6 is 0 Å². The van der Waals surface area contributed by atoms with Gasteiger partial charge >= 0.3 is 0 Å². The molecule has 0 bridgehead atoms. The maximum absolute atomic E-state index is 9.81. The van der Waals surface area contributed by atoms with E-state index in [2.05, 4.69) is 10.9 Å². The highest BCUT2D eigenvalue weighted by molar-refractivity contribution is 5.38. The van der Waals surface area contributed by atoms with Gasteiger partial charge < -0.3 is 14.9 Å². The fraction of sp³-hybridized carbons (Fsp3) is 0.455. The normalized spacial score (nSPS) is 32.1. The van der Waals surface area contributed by atoms with Gasteiger partial charge in [-0.3, -0.25) is 4.57 Å². The first-order valence-electron chi connectivity index (χ1n) is 5.05. The van der Waals surface area contributed by atoms with Crippen LogP contribution in [0, 0.1) is 23.7 Å². The maximum atomic E-state index is 9.81. The Labute approximate surface area is 98.1 Å². The highest BCUT2D eigenvalue weighted by atomic mass is 16.6. The van der Waals surface area contributed by atoms with E-state index in [0.717, 1.165) is 0 Å². The summed E-state index contributed by atoms with van der Waals surface area (Å²) in [6.07, 6.45) is 3.21. The summed E-state index contributed by atoms with van der Waals surface area (Å²) < 4.78 is 6.78. The third-order valence-corrected chi connectivity index (χ3v) is 2.79. The van der Waals surface area contributed by atoms with E-state index in [1.54, 1.807) is 6.92 Å². The van der Waals surface area contributed by atoms with Crippen LogP contribution in [0.2, 0.25) is 0 Å². The number of terminal acetylenes is 1. The van der Waals surface area contributed by atoms with E-state index in [9.17, 15) is 10.2 Å². The van der Waals surface area contributed by atoms with Crippen molar-refractivity contribution in [1.29, 1.82) is 5.26 Å². The summed E-state index contributed by atoms with van der Waals surface area (Å²) in [7, 11) is 0. The zero-order valence-electron chi connectivity index (χ0n) is 9.11. The van der Waals surface area contributed by atoms with Crippen molar-refractivity contribution in [3.63, 3.8) is 0 Å². The lowest BCUT2D eigenvalue weighted by Crippen LogP contribution is -2.30. The quantitative estimate of drug-likeness (QED) is 0.630. The van der Waals surface area contributed by atoms with Crippen molar-refractivity contribution in [2.45, 2.75) is 31.5 Å². The zero-order chi connectivity index (χ0) is 12.6. The molecule has 0 spiro atoms. The number of hydrogen-bond acceptors (Lipinski definition) is 5. The number of nitriles is 1. The third kappa shape index (κ3) is 1.69. The van der Waals surface area contributed by atoms with Gasteiger partial charge in [-0.05, 0) is 12.8 Å². The van der Waals surface area contributed by atoms with Gasteiger partial charge in [-0.15, -0.1) is 6.42 Å². The molecule has 0 aliphatic carbocycles. The molecule has 0 saturated carbocycles. The monoisotopic (exact) mass is 233 g/mol. The molecule has 6 heteroatoms. The van der Waals surface area contributed by atoms with Crippen molar-refractivity contribution in [1.82, 2.24) is 9.55 Å². The minimum Gasteiger partial charge on any atom is -0.388 e. The average molecular weight is 233 g/mol. The Balaban J connectivity index is 2.40. The highest BCUT2D eigenvalue weighted by Crippen LogP contribution is 2.30. The number of ether oxygens (including phenoxy) is 1. The van der Waals surface area contributed by atoms with E-state index in [0.29, 0.717) is 0 Å². The number of aliphatic hydroxyl groups excluding tert-OH is 2.